The smallest absolute Gasteiger partial charge is 0.332 e. The van der Waals surface area contributed by atoms with Gasteiger partial charge in [-0.05, 0) is 25.0 Å². The van der Waals surface area contributed by atoms with Gasteiger partial charge in [-0.25, -0.2) is 14.8 Å². The van der Waals surface area contributed by atoms with Gasteiger partial charge in [0.05, 0.1) is 5.75 Å². The van der Waals surface area contributed by atoms with Crippen LogP contribution in [0.1, 0.15) is 19.7 Å². The number of benzene rings is 1. The number of rotatable bonds is 6. The van der Waals surface area contributed by atoms with Gasteiger partial charge >= 0.3 is 5.69 Å². The van der Waals surface area contributed by atoms with Crippen LogP contribution in [0.5, 0.6) is 11.5 Å². The van der Waals surface area contributed by atoms with E-state index in [-0.39, 0.29) is 35.4 Å². The van der Waals surface area contributed by atoms with Gasteiger partial charge in [-0.1, -0.05) is 25.6 Å². The van der Waals surface area contributed by atoms with Gasteiger partial charge in [0, 0.05) is 25.3 Å². The van der Waals surface area contributed by atoms with E-state index < -0.39 is 11.2 Å². The van der Waals surface area contributed by atoms with Crippen LogP contribution < -0.4 is 26.0 Å². The second-order valence-corrected chi connectivity index (χ2v) is 8.79. The number of nitrogens with zero attached hydrogens (tertiary/aromatic N) is 4. The van der Waals surface area contributed by atoms with E-state index in [1.807, 2.05) is 13.8 Å². The Hall–Kier alpha value is -3.34. The molecule has 0 aliphatic carbocycles. The standard InChI is InChI=1S/C21H23N5O5S/c1-11(2)8-26-18-17(20(28)25(4)21(26)29)19(23-12(3)22-18)32-9-16(27)24-13-5-6-14-15(7-13)31-10-30-14/h5-7,11H,8-10H2,1-4H3,(H,24,27). The quantitative estimate of drug-likeness (QED) is 0.441. The first-order valence-electron chi connectivity index (χ1n) is 10.0. The molecule has 2 aromatic heterocycles. The second kappa shape index (κ2) is 8.65. The molecule has 168 valence electrons. The zero-order chi connectivity index (χ0) is 23.0. The van der Waals surface area contributed by atoms with E-state index in [0.29, 0.717) is 34.6 Å². The molecule has 1 N–H and O–H groups in total. The molecule has 0 saturated heterocycles. The van der Waals surface area contributed by atoms with Crippen molar-refractivity contribution in [3.05, 3.63) is 44.9 Å². The monoisotopic (exact) mass is 457 g/mol. The number of nitrogens with one attached hydrogen (secondary N) is 1. The number of ether oxygens (including phenoxy) is 2. The SMILES string of the molecule is Cc1nc(SCC(=O)Nc2ccc3c(c2)OCO3)c2c(=O)n(C)c(=O)n(CC(C)C)c2n1. The van der Waals surface area contributed by atoms with Crippen molar-refractivity contribution < 1.29 is 14.3 Å². The zero-order valence-corrected chi connectivity index (χ0v) is 19.0. The molecular formula is C21H23N5O5S. The van der Waals surface area contributed by atoms with E-state index in [9.17, 15) is 14.4 Å². The van der Waals surface area contributed by atoms with Crippen LogP contribution in [-0.4, -0.2) is 37.6 Å². The van der Waals surface area contributed by atoms with Crippen molar-refractivity contribution in [1.82, 2.24) is 19.1 Å². The Bertz CT molecular complexity index is 1330. The van der Waals surface area contributed by atoms with Crippen LogP contribution in [0.15, 0.2) is 32.8 Å². The first-order valence-corrected chi connectivity index (χ1v) is 11.0. The van der Waals surface area contributed by atoms with Crippen molar-refractivity contribution in [2.75, 3.05) is 17.9 Å². The first-order chi connectivity index (χ1) is 15.2. The highest BCUT2D eigenvalue weighted by molar-refractivity contribution is 8.00. The van der Waals surface area contributed by atoms with Crippen molar-refractivity contribution in [3.8, 4) is 11.5 Å². The maximum absolute atomic E-state index is 12.9. The molecule has 0 radical (unpaired) electrons. The summed E-state index contributed by atoms with van der Waals surface area (Å²) < 4.78 is 13.1. The minimum Gasteiger partial charge on any atom is -0.454 e. The first kappa shape index (κ1) is 21.9. The molecule has 32 heavy (non-hydrogen) atoms. The lowest BCUT2D eigenvalue weighted by atomic mass is 10.2. The molecule has 1 amide bonds. The summed E-state index contributed by atoms with van der Waals surface area (Å²) in [6, 6.07) is 5.14. The average Bonchev–Trinajstić information content (AvgIpc) is 3.21. The molecule has 0 spiro atoms. The number of fused-ring (bicyclic) bond motifs is 2. The average molecular weight is 458 g/mol. The third-order valence-corrected chi connectivity index (χ3v) is 5.78. The van der Waals surface area contributed by atoms with Crippen LogP contribution in [0.3, 0.4) is 0 Å². The fourth-order valence-corrected chi connectivity index (χ4v) is 4.24. The molecular weight excluding hydrogens is 434 g/mol. The predicted octanol–water partition coefficient (Wildman–Crippen LogP) is 1.91. The van der Waals surface area contributed by atoms with Crippen molar-refractivity contribution in [3.63, 3.8) is 0 Å². The van der Waals surface area contributed by atoms with Crippen LogP contribution in [-0.2, 0) is 18.4 Å². The summed E-state index contributed by atoms with van der Waals surface area (Å²) in [5, 5.41) is 3.40. The van der Waals surface area contributed by atoms with E-state index in [2.05, 4.69) is 15.3 Å². The van der Waals surface area contributed by atoms with Crippen molar-refractivity contribution in [2.24, 2.45) is 13.0 Å². The lowest BCUT2D eigenvalue weighted by Gasteiger charge is -2.15. The van der Waals surface area contributed by atoms with Gasteiger partial charge < -0.3 is 14.8 Å². The minimum absolute atomic E-state index is 0.0203. The van der Waals surface area contributed by atoms with E-state index in [1.54, 1.807) is 25.1 Å². The maximum atomic E-state index is 12.9. The third-order valence-electron chi connectivity index (χ3n) is 4.80. The van der Waals surface area contributed by atoms with Crippen molar-refractivity contribution >= 4 is 34.4 Å². The molecule has 3 heterocycles. The molecule has 1 aliphatic heterocycles. The Kier molecular flexibility index (Phi) is 5.92. The zero-order valence-electron chi connectivity index (χ0n) is 18.2. The van der Waals surface area contributed by atoms with Crippen LogP contribution in [0.2, 0.25) is 0 Å². The summed E-state index contributed by atoms with van der Waals surface area (Å²) in [6.07, 6.45) is 0. The summed E-state index contributed by atoms with van der Waals surface area (Å²) in [6.45, 7) is 6.22. The van der Waals surface area contributed by atoms with Gasteiger partial charge in [0.25, 0.3) is 5.56 Å². The van der Waals surface area contributed by atoms with E-state index in [4.69, 9.17) is 9.47 Å². The number of carbonyl (C=O) groups is 1. The molecule has 1 aliphatic rings. The van der Waals surface area contributed by atoms with Gasteiger partial charge in [-0.15, -0.1) is 0 Å². The largest absolute Gasteiger partial charge is 0.454 e. The maximum Gasteiger partial charge on any atom is 0.332 e. The third kappa shape index (κ3) is 4.20. The number of anilines is 1. The molecule has 0 unspecified atom stereocenters. The second-order valence-electron chi connectivity index (χ2n) is 7.83. The molecule has 0 atom stereocenters. The molecule has 3 aromatic rings. The minimum atomic E-state index is -0.483. The highest BCUT2D eigenvalue weighted by atomic mass is 32.2. The fraction of sp³-hybridized carbons (Fsp3) is 0.381. The lowest BCUT2D eigenvalue weighted by Crippen LogP contribution is -2.39. The van der Waals surface area contributed by atoms with Gasteiger partial charge in [0.15, 0.2) is 17.1 Å². The van der Waals surface area contributed by atoms with Crippen LogP contribution in [0.4, 0.5) is 5.69 Å². The van der Waals surface area contributed by atoms with Crippen LogP contribution in [0, 0.1) is 12.8 Å². The number of thioether (sulfide) groups is 1. The molecule has 11 heteroatoms. The number of amides is 1. The Labute approximate surface area is 187 Å². The fourth-order valence-electron chi connectivity index (χ4n) is 3.38. The summed E-state index contributed by atoms with van der Waals surface area (Å²) in [4.78, 5) is 46.9. The summed E-state index contributed by atoms with van der Waals surface area (Å²) >= 11 is 1.13. The molecule has 0 fully saturated rings. The highest BCUT2D eigenvalue weighted by Crippen LogP contribution is 2.34. The summed E-state index contributed by atoms with van der Waals surface area (Å²) in [7, 11) is 1.43. The number of aromatic nitrogens is 4. The van der Waals surface area contributed by atoms with E-state index in [1.165, 1.54) is 11.6 Å². The van der Waals surface area contributed by atoms with Crippen molar-refractivity contribution in [2.45, 2.75) is 32.3 Å². The molecule has 0 saturated carbocycles. The molecule has 4 rings (SSSR count). The number of aryl methyl sites for hydroxylation is 1. The predicted molar refractivity (Wildman–Crippen MR) is 121 cm³/mol. The number of carbonyl (C=O) groups excluding carboxylic acids is 1. The molecule has 10 nitrogen and oxygen atoms in total. The lowest BCUT2D eigenvalue weighted by molar-refractivity contribution is -0.113. The van der Waals surface area contributed by atoms with Crippen LogP contribution >= 0.6 is 11.8 Å². The number of hydrogen-bond acceptors (Lipinski definition) is 8. The van der Waals surface area contributed by atoms with Crippen LogP contribution in [0.25, 0.3) is 11.0 Å². The van der Waals surface area contributed by atoms with Gasteiger partial charge in [0.2, 0.25) is 12.7 Å². The number of hydrogen-bond donors (Lipinski definition) is 1. The van der Waals surface area contributed by atoms with Crippen molar-refractivity contribution in [1.29, 1.82) is 0 Å². The summed E-state index contributed by atoms with van der Waals surface area (Å²) in [5.74, 6) is 1.54. The van der Waals surface area contributed by atoms with Gasteiger partial charge in [-0.2, -0.15) is 0 Å². The van der Waals surface area contributed by atoms with E-state index in [0.717, 1.165) is 16.3 Å². The Balaban J connectivity index is 1.63. The topological polar surface area (TPSA) is 117 Å². The molecule has 0 bridgehead atoms. The normalized spacial score (nSPS) is 12.5. The Morgan fingerprint density at radius 1 is 1.22 bits per heavy atom. The molecule has 1 aromatic carbocycles. The Morgan fingerprint density at radius 2 is 1.97 bits per heavy atom. The van der Waals surface area contributed by atoms with E-state index >= 15 is 0 Å². The summed E-state index contributed by atoms with van der Waals surface area (Å²) in [5.41, 5.74) is -0.0438. The van der Waals surface area contributed by atoms with Gasteiger partial charge in [0.1, 0.15) is 16.2 Å². The Morgan fingerprint density at radius 3 is 2.72 bits per heavy atom. The van der Waals surface area contributed by atoms with Gasteiger partial charge in [-0.3, -0.25) is 18.7 Å². The highest BCUT2D eigenvalue weighted by Gasteiger charge is 2.20.